The van der Waals surface area contributed by atoms with Crippen LogP contribution in [0, 0.1) is 5.41 Å². The van der Waals surface area contributed by atoms with Gasteiger partial charge in [-0.3, -0.25) is 0 Å². The molecule has 2 aromatic heterocycles. The van der Waals surface area contributed by atoms with E-state index < -0.39 is 11.2 Å². The van der Waals surface area contributed by atoms with Crippen LogP contribution in [0.3, 0.4) is 0 Å². The van der Waals surface area contributed by atoms with E-state index in [1.54, 1.807) is 0 Å². The second-order valence-electron chi connectivity index (χ2n) is 6.88. The molecule has 0 atom stereocenters. The lowest BCUT2D eigenvalue weighted by atomic mass is 9.99. The number of anilines is 1. The Morgan fingerprint density at radius 2 is 1.92 bits per heavy atom. The van der Waals surface area contributed by atoms with Crippen molar-refractivity contribution in [1.29, 1.82) is 0 Å². The Kier molecular flexibility index (Phi) is 4.98. The smallest absolute Gasteiger partial charge is 0.244 e. The van der Waals surface area contributed by atoms with Gasteiger partial charge in [0.1, 0.15) is 23.3 Å². The highest BCUT2D eigenvalue weighted by Crippen LogP contribution is 2.29. The molecule has 0 N–H and O–H groups in total. The average molecular weight is 370 g/mol. The number of nitrogens with zero attached hydrogens (tertiary/aromatic N) is 5. The van der Waals surface area contributed by atoms with E-state index in [4.69, 9.17) is 16.3 Å². The van der Waals surface area contributed by atoms with Crippen molar-refractivity contribution in [2.45, 2.75) is 20.8 Å². The van der Waals surface area contributed by atoms with Crippen molar-refractivity contribution in [3.63, 3.8) is 0 Å². The van der Waals surface area contributed by atoms with E-state index in [2.05, 4.69) is 40.7 Å². The molecule has 1 fully saturated rings. The fourth-order valence-electron chi connectivity index (χ4n) is 2.35. The van der Waals surface area contributed by atoms with Crippen LogP contribution in [0.1, 0.15) is 20.8 Å². The first-order chi connectivity index (χ1) is 11.3. The maximum Gasteiger partial charge on any atom is 0.244 e. The molecule has 9 heteroatoms. The van der Waals surface area contributed by atoms with Crippen molar-refractivity contribution in [3.05, 3.63) is 11.6 Å². The summed E-state index contributed by atoms with van der Waals surface area (Å²) in [4.78, 5) is 19.2. The summed E-state index contributed by atoms with van der Waals surface area (Å²) in [5.41, 5.74) is 1.10. The van der Waals surface area contributed by atoms with E-state index in [0.717, 1.165) is 0 Å². The molecule has 0 radical (unpaired) electrons. The molecule has 0 aromatic carbocycles. The van der Waals surface area contributed by atoms with Crippen molar-refractivity contribution in [1.82, 2.24) is 19.9 Å². The lowest BCUT2D eigenvalue weighted by Gasteiger charge is -2.29. The Morgan fingerprint density at radius 1 is 1.21 bits per heavy atom. The van der Waals surface area contributed by atoms with Crippen LogP contribution in [0.4, 0.5) is 5.82 Å². The Morgan fingerprint density at radius 3 is 2.58 bits per heavy atom. The second-order valence-corrected chi connectivity index (χ2v) is 8.91. The third-order valence-electron chi connectivity index (χ3n) is 3.52. The molecule has 1 saturated heterocycles. The monoisotopic (exact) mass is 369 g/mol. The number of fused-ring (bicyclic) bond motifs is 1. The Bertz CT molecular complexity index is 732. The molecule has 3 rings (SSSR count). The standard InChI is InChI=1S/C15H20ClN5O2S/c1-15(2,3)8-23-13-11-10(17-9-18-13)12(20-14(16)19-11)21-4-6-24(22)7-5-21/h9H,4-8H2,1-3H3. The lowest BCUT2D eigenvalue weighted by Crippen LogP contribution is -2.41. The third kappa shape index (κ3) is 3.99. The molecule has 130 valence electrons. The molecule has 0 saturated carbocycles. The van der Waals surface area contributed by atoms with Crippen LogP contribution >= 0.6 is 11.6 Å². The summed E-state index contributed by atoms with van der Waals surface area (Å²) < 4.78 is 17.4. The van der Waals surface area contributed by atoms with Gasteiger partial charge in [0.25, 0.3) is 0 Å². The highest BCUT2D eigenvalue weighted by Gasteiger charge is 2.25. The van der Waals surface area contributed by atoms with Crippen LogP contribution in [-0.4, -0.2) is 55.7 Å². The number of hydrogen-bond acceptors (Lipinski definition) is 7. The predicted molar refractivity (Wildman–Crippen MR) is 95.2 cm³/mol. The molecule has 1 aliphatic heterocycles. The lowest BCUT2D eigenvalue weighted by molar-refractivity contribution is 0.193. The Labute approximate surface area is 149 Å². The van der Waals surface area contributed by atoms with Gasteiger partial charge in [-0.15, -0.1) is 0 Å². The topological polar surface area (TPSA) is 87.1 Å². The zero-order valence-electron chi connectivity index (χ0n) is 14.0. The van der Waals surface area contributed by atoms with Gasteiger partial charge in [0.05, 0.1) is 19.7 Å². The molecule has 0 unspecified atom stereocenters. The van der Waals surface area contributed by atoms with E-state index in [1.807, 2.05) is 4.90 Å². The molecule has 0 bridgehead atoms. The van der Waals surface area contributed by atoms with Crippen molar-refractivity contribution >= 4 is 39.6 Å². The van der Waals surface area contributed by atoms with Gasteiger partial charge in [-0.2, -0.15) is 9.97 Å². The van der Waals surface area contributed by atoms with Crippen LogP contribution in [0.15, 0.2) is 6.33 Å². The van der Waals surface area contributed by atoms with E-state index in [0.29, 0.717) is 53.9 Å². The molecular weight excluding hydrogens is 350 g/mol. The first-order valence-electron chi connectivity index (χ1n) is 7.74. The van der Waals surface area contributed by atoms with Gasteiger partial charge < -0.3 is 14.2 Å². The van der Waals surface area contributed by atoms with Crippen molar-refractivity contribution < 1.29 is 9.29 Å². The van der Waals surface area contributed by atoms with Gasteiger partial charge in [-0.1, -0.05) is 31.9 Å². The van der Waals surface area contributed by atoms with Gasteiger partial charge >= 0.3 is 0 Å². The summed E-state index contributed by atoms with van der Waals surface area (Å²) in [5.74, 6) is 2.27. The number of ether oxygens (including phenoxy) is 1. The molecule has 0 aliphatic carbocycles. The fourth-order valence-corrected chi connectivity index (χ4v) is 3.56. The summed E-state index contributed by atoms with van der Waals surface area (Å²) in [6.45, 7) is 8.04. The molecular formula is C15H20ClN5O2S. The number of hydrogen-bond donors (Lipinski definition) is 0. The normalized spacial score (nSPS) is 16.6. The highest BCUT2D eigenvalue weighted by molar-refractivity contribution is 7.91. The second kappa shape index (κ2) is 6.85. The van der Waals surface area contributed by atoms with Crippen molar-refractivity contribution in [3.8, 4) is 5.88 Å². The van der Waals surface area contributed by atoms with E-state index >= 15 is 0 Å². The number of aromatic nitrogens is 4. The molecule has 0 amide bonds. The van der Waals surface area contributed by atoms with Gasteiger partial charge in [0.15, 0.2) is 11.3 Å². The Balaban J connectivity index is 1.99. The zero-order valence-corrected chi connectivity index (χ0v) is 15.5. The van der Waals surface area contributed by atoms with Gasteiger partial charge in [-0.25, -0.2) is 9.97 Å². The summed E-state index contributed by atoms with van der Waals surface area (Å²) in [6.07, 6.45) is 1.45. The van der Waals surface area contributed by atoms with Crippen LogP contribution in [0.2, 0.25) is 5.28 Å². The Hall–Kier alpha value is -1.38. The molecule has 0 spiro atoms. The first kappa shape index (κ1) is 17.4. The summed E-state index contributed by atoms with van der Waals surface area (Å²) in [7, 11) is 0. The maximum absolute atomic E-state index is 11.6. The minimum Gasteiger partial charge on any atom is -0.616 e. The molecule has 7 nitrogen and oxygen atoms in total. The van der Waals surface area contributed by atoms with E-state index in [1.165, 1.54) is 6.33 Å². The summed E-state index contributed by atoms with van der Waals surface area (Å²) in [5, 5.41) is 0.125. The quantitative estimate of drug-likeness (QED) is 0.604. The number of rotatable bonds is 3. The largest absolute Gasteiger partial charge is 0.616 e. The van der Waals surface area contributed by atoms with Gasteiger partial charge in [-0.05, 0) is 17.0 Å². The molecule has 1 aliphatic rings. The van der Waals surface area contributed by atoms with Crippen LogP contribution in [0.25, 0.3) is 11.0 Å². The van der Waals surface area contributed by atoms with Crippen molar-refractivity contribution in [2.75, 3.05) is 36.1 Å². The predicted octanol–water partition coefficient (Wildman–Crippen LogP) is 2.07. The molecule has 3 heterocycles. The van der Waals surface area contributed by atoms with Gasteiger partial charge in [0.2, 0.25) is 11.2 Å². The maximum atomic E-state index is 11.6. The van der Waals surface area contributed by atoms with E-state index in [9.17, 15) is 4.55 Å². The minimum absolute atomic E-state index is 0.00609. The van der Waals surface area contributed by atoms with Crippen LogP contribution < -0.4 is 9.64 Å². The third-order valence-corrected chi connectivity index (χ3v) is 4.97. The SMILES string of the molecule is CC(C)(C)COc1ncnc2c(N3CC[S+]([O-])CC3)nc(Cl)nc12. The minimum atomic E-state index is -0.767. The molecule has 24 heavy (non-hydrogen) atoms. The highest BCUT2D eigenvalue weighted by atomic mass is 35.5. The zero-order chi connectivity index (χ0) is 17.3. The number of halogens is 1. The average Bonchev–Trinajstić information content (AvgIpc) is 2.52. The van der Waals surface area contributed by atoms with Crippen LogP contribution in [-0.2, 0) is 11.2 Å². The fraction of sp³-hybridized carbons (Fsp3) is 0.600. The van der Waals surface area contributed by atoms with Gasteiger partial charge in [0, 0.05) is 0 Å². The van der Waals surface area contributed by atoms with Crippen molar-refractivity contribution in [2.24, 2.45) is 5.41 Å². The van der Waals surface area contributed by atoms with Crippen LogP contribution in [0.5, 0.6) is 5.88 Å². The first-order valence-corrected chi connectivity index (χ1v) is 9.61. The summed E-state index contributed by atoms with van der Waals surface area (Å²) in [6, 6.07) is 0. The summed E-state index contributed by atoms with van der Waals surface area (Å²) >= 11 is 5.35. The van der Waals surface area contributed by atoms with E-state index in [-0.39, 0.29) is 10.7 Å². The molecule has 2 aromatic rings.